The molecule has 0 bridgehead atoms. The van der Waals surface area contributed by atoms with Gasteiger partial charge in [0.2, 0.25) is 5.95 Å². The van der Waals surface area contributed by atoms with Crippen molar-refractivity contribution < 1.29 is 31.9 Å². The first kappa shape index (κ1) is 26.8. The highest BCUT2D eigenvalue weighted by molar-refractivity contribution is 5.83. The molecule has 0 saturated carbocycles. The Morgan fingerprint density at radius 2 is 1.80 bits per heavy atom. The van der Waals surface area contributed by atoms with E-state index in [4.69, 9.17) is 5.11 Å². The number of nitrogens with one attached hydrogen (secondary N) is 1. The Hall–Kier alpha value is -4.40. The number of alkyl halides is 3. The van der Waals surface area contributed by atoms with E-state index < -0.39 is 29.9 Å². The van der Waals surface area contributed by atoms with Gasteiger partial charge in [-0.25, -0.2) is 33.5 Å². The van der Waals surface area contributed by atoms with E-state index >= 15 is 0 Å². The standard InChI is InChI=1S/C26H23F5N8O2/c27-16-9-15(10-18-23(16)35-21-4-2-19(39(18)21)26(29,30)31)22-17(28)12-33-24(36-22)34-20-3-1-14(11-32-20)13-37-5-7-38(8-6-37)25(40)41/h1,3,9-12,19H,2,4-8,13H2,(H,40,41)(H,32,33,34,36)/t19-/m0/s1. The maximum Gasteiger partial charge on any atom is 0.409 e. The number of fused-ring (bicyclic) bond motifs is 3. The lowest BCUT2D eigenvalue weighted by Gasteiger charge is -2.32. The largest absolute Gasteiger partial charge is 0.465 e. The van der Waals surface area contributed by atoms with Crippen molar-refractivity contribution in [3.8, 4) is 11.3 Å². The minimum absolute atomic E-state index is 0.0429. The number of pyridine rings is 1. The molecular weight excluding hydrogens is 551 g/mol. The third-order valence-electron chi connectivity index (χ3n) is 7.28. The average molecular weight is 575 g/mol. The maximum absolute atomic E-state index is 15.0. The summed E-state index contributed by atoms with van der Waals surface area (Å²) in [6, 6.07) is 3.91. The van der Waals surface area contributed by atoms with E-state index in [1.165, 1.54) is 11.0 Å². The summed E-state index contributed by atoms with van der Waals surface area (Å²) in [6.45, 7) is 2.64. The molecule has 0 unspecified atom stereocenters. The van der Waals surface area contributed by atoms with Crippen LogP contribution in [0, 0.1) is 11.6 Å². The molecule has 41 heavy (non-hydrogen) atoms. The van der Waals surface area contributed by atoms with Crippen molar-refractivity contribution in [3.05, 3.63) is 59.7 Å². The molecule has 1 fully saturated rings. The van der Waals surface area contributed by atoms with Crippen LogP contribution in [-0.4, -0.2) is 77.9 Å². The zero-order valence-electron chi connectivity index (χ0n) is 21.4. The Morgan fingerprint density at radius 1 is 1.02 bits per heavy atom. The average Bonchev–Trinajstić information content (AvgIpc) is 3.51. The lowest BCUT2D eigenvalue weighted by molar-refractivity contribution is -0.164. The van der Waals surface area contributed by atoms with E-state index in [1.807, 2.05) is 6.07 Å². The number of carbonyl (C=O) groups is 1. The van der Waals surface area contributed by atoms with Crippen molar-refractivity contribution in [1.82, 2.24) is 34.3 Å². The van der Waals surface area contributed by atoms with Crippen molar-refractivity contribution in [2.45, 2.75) is 31.6 Å². The highest BCUT2D eigenvalue weighted by atomic mass is 19.4. The SMILES string of the molecule is O=C(O)N1CCN(Cc2ccc(Nc3ncc(F)c(-c4cc(F)c5nc6n(c5c4)[C@H](C(F)(F)F)CC6)n3)nc2)CC1. The Balaban J connectivity index is 1.21. The van der Waals surface area contributed by atoms with E-state index in [0.29, 0.717) is 38.5 Å². The number of benzene rings is 1. The second-order valence-corrected chi connectivity index (χ2v) is 9.93. The number of piperazine rings is 1. The van der Waals surface area contributed by atoms with Gasteiger partial charge in [0.15, 0.2) is 11.6 Å². The molecule has 0 spiro atoms. The molecule has 214 valence electrons. The van der Waals surface area contributed by atoms with Gasteiger partial charge in [-0.1, -0.05) is 6.07 Å². The molecule has 1 saturated heterocycles. The fraction of sp³-hybridized carbons (Fsp3) is 0.346. The third kappa shape index (κ3) is 5.24. The van der Waals surface area contributed by atoms with Gasteiger partial charge in [0.1, 0.15) is 28.9 Å². The first-order chi connectivity index (χ1) is 19.6. The third-order valence-corrected chi connectivity index (χ3v) is 7.28. The lowest BCUT2D eigenvalue weighted by Crippen LogP contribution is -2.47. The zero-order valence-corrected chi connectivity index (χ0v) is 21.4. The number of nitrogens with zero attached hydrogens (tertiary/aromatic N) is 7. The van der Waals surface area contributed by atoms with Gasteiger partial charge in [-0.3, -0.25) is 4.90 Å². The van der Waals surface area contributed by atoms with Crippen molar-refractivity contribution in [3.63, 3.8) is 0 Å². The Bertz CT molecular complexity index is 1620. The predicted molar refractivity (Wildman–Crippen MR) is 136 cm³/mol. The number of anilines is 2. The van der Waals surface area contributed by atoms with Gasteiger partial charge >= 0.3 is 12.3 Å². The Morgan fingerprint density at radius 3 is 2.49 bits per heavy atom. The number of aromatic nitrogens is 5. The van der Waals surface area contributed by atoms with Gasteiger partial charge in [-0.2, -0.15) is 13.2 Å². The molecule has 5 heterocycles. The van der Waals surface area contributed by atoms with Crippen molar-refractivity contribution in [2.24, 2.45) is 0 Å². The zero-order chi connectivity index (χ0) is 28.9. The topological polar surface area (TPSA) is 112 Å². The van der Waals surface area contributed by atoms with Crippen LogP contribution in [0.25, 0.3) is 22.3 Å². The maximum atomic E-state index is 15.0. The van der Waals surface area contributed by atoms with Crippen LogP contribution < -0.4 is 5.32 Å². The number of hydrogen-bond acceptors (Lipinski definition) is 7. The van der Waals surface area contributed by atoms with E-state index in [9.17, 15) is 26.7 Å². The molecule has 6 rings (SSSR count). The van der Waals surface area contributed by atoms with Crippen molar-refractivity contribution in [1.29, 1.82) is 0 Å². The van der Waals surface area contributed by atoms with Crippen LogP contribution in [0.5, 0.6) is 0 Å². The minimum Gasteiger partial charge on any atom is -0.465 e. The molecular formula is C26H23F5N8O2. The molecule has 2 aliphatic heterocycles. The van der Waals surface area contributed by atoms with Crippen LogP contribution >= 0.6 is 0 Å². The molecule has 1 aromatic carbocycles. The van der Waals surface area contributed by atoms with Crippen LogP contribution in [-0.2, 0) is 13.0 Å². The van der Waals surface area contributed by atoms with Gasteiger partial charge in [-0.15, -0.1) is 0 Å². The predicted octanol–water partition coefficient (Wildman–Crippen LogP) is 4.76. The van der Waals surface area contributed by atoms with E-state index in [2.05, 4.69) is 30.2 Å². The molecule has 2 aliphatic rings. The fourth-order valence-electron chi connectivity index (χ4n) is 5.26. The summed E-state index contributed by atoms with van der Waals surface area (Å²) >= 11 is 0. The summed E-state index contributed by atoms with van der Waals surface area (Å²) in [7, 11) is 0. The molecule has 0 aliphatic carbocycles. The van der Waals surface area contributed by atoms with E-state index in [0.717, 1.165) is 22.4 Å². The molecule has 2 N–H and O–H groups in total. The van der Waals surface area contributed by atoms with E-state index in [-0.39, 0.29) is 46.9 Å². The summed E-state index contributed by atoms with van der Waals surface area (Å²) in [5, 5.41) is 11.9. The highest BCUT2D eigenvalue weighted by Crippen LogP contribution is 2.42. The number of amides is 1. The monoisotopic (exact) mass is 574 g/mol. The summed E-state index contributed by atoms with van der Waals surface area (Å²) < 4.78 is 71.6. The van der Waals surface area contributed by atoms with Gasteiger partial charge in [0.05, 0.1) is 11.7 Å². The van der Waals surface area contributed by atoms with Gasteiger partial charge in [0, 0.05) is 50.9 Å². The van der Waals surface area contributed by atoms with Crippen molar-refractivity contribution >= 4 is 28.9 Å². The van der Waals surface area contributed by atoms with Gasteiger partial charge < -0.3 is 19.9 Å². The Kier molecular flexibility index (Phi) is 6.68. The van der Waals surface area contributed by atoms with Crippen LogP contribution in [0.2, 0.25) is 0 Å². The molecule has 0 radical (unpaired) electrons. The highest BCUT2D eigenvalue weighted by Gasteiger charge is 2.45. The van der Waals surface area contributed by atoms with Crippen LogP contribution in [0.1, 0.15) is 23.9 Å². The van der Waals surface area contributed by atoms with Crippen LogP contribution in [0.15, 0.2) is 36.7 Å². The first-order valence-electron chi connectivity index (χ1n) is 12.8. The summed E-state index contributed by atoms with van der Waals surface area (Å²) in [4.78, 5) is 31.0. The van der Waals surface area contributed by atoms with Crippen LogP contribution in [0.3, 0.4) is 0 Å². The van der Waals surface area contributed by atoms with Crippen molar-refractivity contribution in [2.75, 3.05) is 31.5 Å². The quantitative estimate of drug-likeness (QED) is 0.329. The number of halogens is 5. The number of imidazole rings is 1. The summed E-state index contributed by atoms with van der Waals surface area (Å²) in [5.41, 5.74) is 0.258. The number of carboxylic acid groups (broad SMARTS) is 1. The fourth-order valence-corrected chi connectivity index (χ4v) is 5.26. The summed E-state index contributed by atoms with van der Waals surface area (Å²) in [5.74, 6) is -1.33. The molecule has 1 atom stereocenters. The van der Waals surface area contributed by atoms with E-state index in [1.54, 1.807) is 12.3 Å². The molecule has 15 heteroatoms. The molecule has 10 nitrogen and oxygen atoms in total. The molecule has 3 aromatic heterocycles. The summed E-state index contributed by atoms with van der Waals surface area (Å²) in [6.07, 6.45) is -3.10. The number of hydrogen-bond donors (Lipinski definition) is 2. The van der Waals surface area contributed by atoms with Gasteiger partial charge in [-0.05, 0) is 30.2 Å². The normalized spacial score (nSPS) is 17.7. The van der Waals surface area contributed by atoms with Crippen LogP contribution in [0.4, 0.5) is 38.5 Å². The smallest absolute Gasteiger partial charge is 0.409 e. The lowest BCUT2D eigenvalue weighted by atomic mass is 10.1. The Labute approximate surface area is 229 Å². The van der Waals surface area contributed by atoms with Gasteiger partial charge in [0.25, 0.3) is 0 Å². The minimum atomic E-state index is -4.54. The second kappa shape index (κ2) is 10.2. The second-order valence-electron chi connectivity index (χ2n) is 9.93. The number of rotatable bonds is 5. The molecule has 1 amide bonds. The molecule has 4 aromatic rings. The number of aryl methyl sites for hydroxylation is 1. The first-order valence-corrected chi connectivity index (χ1v) is 12.8.